The van der Waals surface area contributed by atoms with E-state index in [0.717, 1.165) is 64.2 Å². The summed E-state index contributed by atoms with van der Waals surface area (Å²) in [4.78, 5) is 33.9. The largest absolute Gasteiger partial charge is 0.472 e. The van der Waals surface area contributed by atoms with E-state index in [-0.39, 0.29) is 32.1 Å². The standard InChI is InChI=1S/C43H82NO8P/c1-3-5-7-9-11-13-15-17-19-20-22-23-25-27-29-31-33-35-42(46)44-37-38-51-53(48,49)52-40-41(45)39-50-43(47)36-34-32-30-28-26-24-21-18-16-14-12-10-8-6-4-2/h12,14,18,21,41,45H,3-11,13,15-17,19-20,22-40H2,1-2H3,(H,44,46)(H,48,49)/b14-12-,21-18-. The second-order valence-corrected chi connectivity index (χ2v) is 16.1. The highest BCUT2D eigenvalue weighted by molar-refractivity contribution is 7.47. The summed E-state index contributed by atoms with van der Waals surface area (Å²) < 4.78 is 26.9. The number of aliphatic hydroxyl groups is 1. The van der Waals surface area contributed by atoms with E-state index >= 15 is 0 Å². The Morgan fingerprint density at radius 1 is 0.585 bits per heavy atom. The Morgan fingerprint density at radius 3 is 1.55 bits per heavy atom. The van der Waals surface area contributed by atoms with Gasteiger partial charge in [0.25, 0.3) is 0 Å². The summed E-state index contributed by atoms with van der Waals surface area (Å²) >= 11 is 0. The third-order valence-electron chi connectivity index (χ3n) is 9.38. The van der Waals surface area contributed by atoms with Gasteiger partial charge in [-0.3, -0.25) is 18.6 Å². The van der Waals surface area contributed by atoms with Gasteiger partial charge in [0.1, 0.15) is 12.7 Å². The number of phosphoric ester groups is 1. The minimum atomic E-state index is -4.41. The predicted molar refractivity (Wildman–Crippen MR) is 220 cm³/mol. The van der Waals surface area contributed by atoms with E-state index in [2.05, 4.69) is 43.5 Å². The van der Waals surface area contributed by atoms with Crippen molar-refractivity contribution in [2.24, 2.45) is 0 Å². The van der Waals surface area contributed by atoms with Crippen molar-refractivity contribution in [2.45, 2.75) is 213 Å². The molecule has 0 aromatic heterocycles. The van der Waals surface area contributed by atoms with E-state index in [1.54, 1.807) is 0 Å². The summed E-state index contributed by atoms with van der Waals surface area (Å²) in [7, 11) is -4.41. The van der Waals surface area contributed by atoms with Gasteiger partial charge in [0, 0.05) is 19.4 Å². The van der Waals surface area contributed by atoms with Crippen LogP contribution in [0.1, 0.15) is 206 Å². The lowest BCUT2D eigenvalue weighted by atomic mass is 10.0. The van der Waals surface area contributed by atoms with Crippen LogP contribution in [-0.4, -0.2) is 54.3 Å². The molecule has 2 atom stereocenters. The fraction of sp³-hybridized carbons (Fsp3) is 0.860. The number of carbonyl (C=O) groups is 2. The van der Waals surface area contributed by atoms with Crippen molar-refractivity contribution in [3.63, 3.8) is 0 Å². The normalized spacial score (nSPS) is 13.5. The van der Waals surface area contributed by atoms with Crippen molar-refractivity contribution in [2.75, 3.05) is 26.4 Å². The van der Waals surface area contributed by atoms with Crippen LogP contribution in [0, 0.1) is 0 Å². The van der Waals surface area contributed by atoms with Crippen molar-refractivity contribution < 1.29 is 37.9 Å². The van der Waals surface area contributed by atoms with E-state index in [0.29, 0.717) is 6.42 Å². The number of aliphatic hydroxyl groups excluding tert-OH is 1. The molecular formula is C43H82NO8P. The number of carbonyl (C=O) groups excluding carboxylic acids is 2. The van der Waals surface area contributed by atoms with Gasteiger partial charge in [-0.15, -0.1) is 0 Å². The molecule has 0 spiro atoms. The Balaban J connectivity index is 3.59. The van der Waals surface area contributed by atoms with E-state index < -0.39 is 26.5 Å². The smallest absolute Gasteiger partial charge is 0.463 e. The minimum absolute atomic E-state index is 0.0834. The first-order valence-electron chi connectivity index (χ1n) is 21.8. The Morgan fingerprint density at radius 2 is 1.02 bits per heavy atom. The number of rotatable bonds is 41. The van der Waals surface area contributed by atoms with Crippen molar-refractivity contribution >= 4 is 19.7 Å². The molecule has 0 fully saturated rings. The van der Waals surface area contributed by atoms with Gasteiger partial charge in [0.2, 0.25) is 5.91 Å². The summed E-state index contributed by atoms with van der Waals surface area (Å²) in [6.07, 6.45) is 42.5. The van der Waals surface area contributed by atoms with Crippen molar-refractivity contribution in [3.8, 4) is 0 Å². The van der Waals surface area contributed by atoms with Gasteiger partial charge in [-0.25, -0.2) is 4.57 Å². The van der Waals surface area contributed by atoms with Crippen molar-refractivity contribution in [1.29, 1.82) is 0 Å². The highest BCUT2D eigenvalue weighted by atomic mass is 31.2. The monoisotopic (exact) mass is 772 g/mol. The zero-order chi connectivity index (χ0) is 38.9. The van der Waals surface area contributed by atoms with Crippen LogP contribution < -0.4 is 5.32 Å². The molecule has 0 radical (unpaired) electrons. The van der Waals surface area contributed by atoms with E-state index in [4.69, 9.17) is 13.8 Å². The zero-order valence-corrected chi connectivity index (χ0v) is 35.1. The topological polar surface area (TPSA) is 131 Å². The molecule has 0 aromatic rings. The minimum Gasteiger partial charge on any atom is -0.463 e. The molecule has 53 heavy (non-hydrogen) atoms. The molecule has 0 aliphatic carbocycles. The van der Waals surface area contributed by atoms with Crippen LogP contribution in [0.3, 0.4) is 0 Å². The van der Waals surface area contributed by atoms with Crippen LogP contribution in [0.2, 0.25) is 0 Å². The van der Waals surface area contributed by atoms with Crippen LogP contribution in [0.5, 0.6) is 0 Å². The maximum Gasteiger partial charge on any atom is 0.472 e. The average molecular weight is 772 g/mol. The second-order valence-electron chi connectivity index (χ2n) is 14.7. The molecule has 0 aromatic carbocycles. The molecule has 0 saturated heterocycles. The third kappa shape index (κ3) is 41.5. The number of unbranched alkanes of at least 4 members (excludes halogenated alkanes) is 24. The lowest BCUT2D eigenvalue weighted by Gasteiger charge is -2.15. The summed E-state index contributed by atoms with van der Waals surface area (Å²) in [6, 6.07) is 0. The van der Waals surface area contributed by atoms with E-state index in [9.17, 15) is 24.2 Å². The Labute approximate surface area is 325 Å². The fourth-order valence-electron chi connectivity index (χ4n) is 6.06. The molecule has 0 saturated carbocycles. The highest BCUT2D eigenvalue weighted by Crippen LogP contribution is 2.42. The molecule has 0 heterocycles. The van der Waals surface area contributed by atoms with Crippen molar-refractivity contribution in [1.82, 2.24) is 5.32 Å². The number of nitrogens with one attached hydrogen (secondary N) is 1. The molecule has 1 amide bonds. The molecule has 2 unspecified atom stereocenters. The fourth-order valence-corrected chi connectivity index (χ4v) is 6.81. The number of hydrogen-bond donors (Lipinski definition) is 3. The van der Waals surface area contributed by atoms with E-state index in [1.807, 2.05) is 0 Å². The molecule has 3 N–H and O–H groups in total. The first kappa shape index (κ1) is 51.5. The highest BCUT2D eigenvalue weighted by Gasteiger charge is 2.23. The predicted octanol–water partition coefficient (Wildman–Crippen LogP) is 12.0. The molecule has 312 valence electrons. The molecule has 0 aliphatic heterocycles. The SMILES string of the molecule is CCCCC/C=C\C/C=C\CCCCCCCC(=O)OCC(O)COP(=O)(O)OCCNC(=O)CCCCCCCCCCCCCCCCCCC. The van der Waals surface area contributed by atoms with Gasteiger partial charge in [-0.05, 0) is 44.9 Å². The number of allylic oxidation sites excluding steroid dienone is 4. The first-order chi connectivity index (χ1) is 25.8. The number of hydrogen-bond acceptors (Lipinski definition) is 7. The Bertz CT molecular complexity index is 928. The van der Waals surface area contributed by atoms with Gasteiger partial charge < -0.3 is 20.1 Å². The molecule has 0 aliphatic rings. The van der Waals surface area contributed by atoms with Crippen LogP contribution in [0.15, 0.2) is 24.3 Å². The number of phosphoric acid groups is 1. The number of amides is 1. The van der Waals surface area contributed by atoms with Gasteiger partial charge in [-0.1, -0.05) is 173 Å². The zero-order valence-electron chi connectivity index (χ0n) is 34.2. The van der Waals surface area contributed by atoms with Gasteiger partial charge in [0.15, 0.2) is 0 Å². The van der Waals surface area contributed by atoms with Crippen LogP contribution in [0.4, 0.5) is 0 Å². The maximum absolute atomic E-state index is 12.1. The van der Waals surface area contributed by atoms with Gasteiger partial charge >= 0.3 is 13.8 Å². The lowest BCUT2D eigenvalue weighted by molar-refractivity contribution is -0.147. The van der Waals surface area contributed by atoms with E-state index in [1.165, 1.54) is 116 Å². The number of ether oxygens (including phenoxy) is 1. The van der Waals surface area contributed by atoms with Gasteiger partial charge in [-0.2, -0.15) is 0 Å². The molecular weight excluding hydrogens is 689 g/mol. The summed E-state index contributed by atoms with van der Waals surface area (Å²) in [5.74, 6) is -0.524. The van der Waals surface area contributed by atoms with Crippen molar-refractivity contribution in [3.05, 3.63) is 24.3 Å². The third-order valence-corrected chi connectivity index (χ3v) is 10.4. The first-order valence-corrected chi connectivity index (χ1v) is 23.3. The second kappa shape index (κ2) is 40.2. The Kier molecular flexibility index (Phi) is 39.0. The van der Waals surface area contributed by atoms with Crippen LogP contribution in [-0.2, 0) is 27.9 Å². The molecule has 0 rings (SSSR count). The maximum atomic E-state index is 12.1. The molecule has 9 nitrogen and oxygen atoms in total. The summed E-state index contributed by atoms with van der Waals surface area (Å²) in [5.41, 5.74) is 0. The lowest BCUT2D eigenvalue weighted by Crippen LogP contribution is -2.27. The summed E-state index contributed by atoms with van der Waals surface area (Å²) in [6.45, 7) is 3.53. The van der Waals surface area contributed by atoms with Crippen LogP contribution in [0.25, 0.3) is 0 Å². The quantitative estimate of drug-likeness (QED) is 0.0242. The average Bonchev–Trinajstić information content (AvgIpc) is 3.14. The number of esters is 1. The Hall–Kier alpha value is -1.51. The van der Waals surface area contributed by atoms with Crippen LogP contribution >= 0.6 is 7.82 Å². The molecule has 10 heteroatoms. The van der Waals surface area contributed by atoms with Gasteiger partial charge in [0.05, 0.1) is 13.2 Å². The summed E-state index contributed by atoms with van der Waals surface area (Å²) in [5, 5.41) is 12.7. The molecule has 0 bridgehead atoms.